The zero-order valence-corrected chi connectivity index (χ0v) is 16.2. The summed E-state index contributed by atoms with van der Waals surface area (Å²) in [6.45, 7) is 5.28. The van der Waals surface area contributed by atoms with E-state index in [9.17, 15) is 14.0 Å². The van der Waals surface area contributed by atoms with Gasteiger partial charge in [0.1, 0.15) is 5.82 Å². The lowest BCUT2D eigenvalue weighted by atomic mass is 9.89. The molecule has 1 aliphatic heterocycles. The number of nitrogens with one attached hydrogen (secondary N) is 2. The summed E-state index contributed by atoms with van der Waals surface area (Å²) in [5, 5.41) is 5.73. The molecular formula is C22H26FN3O2. The molecule has 1 heterocycles. The third-order valence-corrected chi connectivity index (χ3v) is 4.84. The van der Waals surface area contributed by atoms with Crippen LogP contribution in [-0.4, -0.2) is 36.0 Å². The van der Waals surface area contributed by atoms with Gasteiger partial charge in [-0.25, -0.2) is 9.18 Å². The topological polar surface area (TPSA) is 61.4 Å². The SMILES string of the molecule is CC(C)NC(=O)N1CCCC(c2cccc(C(=O)Nc3ccc(F)cc3)c2)C1. The van der Waals surface area contributed by atoms with Crippen molar-refractivity contribution in [2.75, 3.05) is 18.4 Å². The highest BCUT2D eigenvalue weighted by atomic mass is 19.1. The van der Waals surface area contributed by atoms with Gasteiger partial charge in [0.15, 0.2) is 0 Å². The minimum atomic E-state index is -0.344. The van der Waals surface area contributed by atoms with Gasteiger partial charge in [-0.05, 0) is 68.7 Å². The maximum atomic E-state index is 13.0. The van der Waals surface area contributed by atoms with Crippen molar-refractivity contribution >= 4 is 17.6 Å². The van der Waals surface area contributed by atoms with Gasteiger partial charge >= 0.3 is 6.03 Å². The van der Waals surface area contributed by atoms with Gasteiger partial charge in [-0.15, -0.1) is 0 Å². The molecule has 5 nitrogen and oxygen atoms in total. The molecule has 0 aliphatic carbocycles. The summed E-state index contributed by atoms with van der Waals surface area (Å²) < 4.78 is 13.0. The number of anilines is 1. The number of amides is 3. The van der Waals surface area contributed by atoms with Crippen LogP contribution >= 0.6 is 0 Å². The number of piperidine rings is 1. The van der Waals surface area contributed by atoms with Crippen LogP contribution in [-0.2, 0) is 0 Å². The first-order valence-electron chi connectivity index (χ1n) is 9.64. The maximum Gasteiger partial charge on any atom is 0.317 e. The van der Waals surface area contributed by atoms with Gasteiger partial charge in [0.25, 0.3) is 5.91 Å². The lowest BCUT2D eigenvalue weighted by Gasteiger charge is -2.33. The van der Waals surface area contributed by atoms with Gasteiger partial charge < -0.3 is 15.5 Å². The molecule has 0 aromatic heterocycles. The molecule has 0 saturated carbocycles. The molecule has 0 radical (unpaired) electrons. The van der Waals surface area contributed by atoms with Gasteiger partial charge in [-0.2, -0.15) is 0 Å². The Morgan fingerprint density at radius 3 is 2.61 bits per heavy atom. The molecule has 6 heteroatoms. The number of rotatable bonds is 4. The van der Waals surface area contributed by atoms with Gasteiger partial charge in [0.2, 0.25) is 0 Å². The minimum absolute atomic E-state index is 0.0371. The van der Waals surface area contributed by atoms with Crippen LogP contribution < -0.4 is 10.6 Å². The van der Waals surface area contributed by atoms with Crippen LogP contribution in [0.5, 0.6) is 0 Å². The van der Waals surface area contributed by atoms with Crippen LogP contribution in [0.25, 0.3) is 0 Å². The van der Waals surface area contributed by atoms with E-state index in [1.807, 2.05) is 36.9 Å². The van der Waals surface area contributed by atoms with E-state index in [0.717, 1.165) is 24.9 Å². The van der Waals surface area contributed by atoms with Crippen LogP contribution in [0, 0.1) is 5.82 Å². The van der Waals surface area contributed by atoms with Crippen molar-refractivity contribution in [1.29, 1.82) is 0 Å². The van der Waals surface area contributed by atoms with Gasteiger partial charge in [0.05, 0.1) is 0 Å². The molecule has 2 aromatic carbocycles. The zero-order chi connectivity index (χ0) is 20.1. The first-order valence-corrected chi connectivity index (χ1v) is 9.64. The quantitative estimate of drug-likeness (QED) is 0.823. The second-order valence-electron chi connectivity index (χ2n) is 7.48. The number of carbonyl (C=O) groups excluding carboxylic acids is 2. The summed E-state index contributed by atoms with van der Waals surface area (Å²) in [6.07, 6.45) is 1.91. The predicted octanol–water partition coefficient (Wildman–Crippen LogP) is 4.38. The number of hydrogen-bond acceptors (Lipinski definition) is 2. The smallest absolute Gasteiger partial charge is 0.317 e. The zero-order valence-electron chi connectivity index (χ0n) is 16.2. The minimum Gasteiger partial charge on any atom is -0.336 e. The highest BCUT2D eigenvalue weighted by molar-refractivity contribution is 6.04. The Morgan fingerprint density at radius 1 is 1.14 bits per heavy atom. The number of halogens is 1. The molecule has 1 fully saturated rings. The lowest BCUT2D eigenvalue weighted by Crippen LogP contribution is -2.47. The molecule has 1 aliphatic rings. The summed E-state index contributed by atoms with van der Waals surface area (Å²) in [5.41, 5.74) is 2.14. The molecule has 1 unspecified atom stereocenters. The molecule has 2 N–H and O–H groups in total. The summed E-state index contributed by atoms with van der Waals surface area (Å²) in [7, 11) is 0. The van der Waals surface area contributed by atoms with E-state index < -0.39 is 0 Å². The molecular weight excluding hydrogens is 357 g/mol. The summed E-state index contributed by atoms with van der Waals surface area (Å²) in [4.78, 5) is 26.7. The van der Waals surface area contributed by atoms with Crippen LogP contribution in [0.4, 0.5) is 14.9 Å². The van der Waals surface area contributed by atoms with E-state index in [4.69, 9.17) is 0 Å². The fourth-order valence-electron chi connectivity index (χ4n) is 3.44. The Labute approximate surface area is 164 Å². The summed E-state index contributed by atoms with van der Waals surface area (Å²) >= 11 is 0. The summed E-state index contributed by atoms with van der Waals surface area (Å²) in [6, 6.07) is 13.3. The normalized spacial score (nSPS) is 16.7. The van der Waals surface area contributed by atoms with E-state index in [0.29, 0.717) is 17.8 Å². The van der Waals surface area contributed by atoms with Crippen LogP contribution in [0.2, 0.25) is 0 Å². The Morgan fingerprint density at radius 2 is 1.89 bits per heavy atom. The van der Waals surface area contributed by atoms with Crippen LogP contribution in [0.15, 0.2) is 48.5 Å². The Kier molecular flexibility index (Phi) is 6.29. The third-order valence-electron chi connectivity index (χ3n) is 4.84. The first-order chi connectivity index (χ1) is 13.4. The molecule has 1 saturated heterocycles. The molecule has 148 valence electrons. The second-order valence-corrected chi connectivity index (χ2v) is 7.48. The number of nitrogens with zero attached hydrogens (tertiary/aromatic N) is 1. The molecule has 1 atom stereocenters. The molecule has 3 amide bonds. The number of likely N-dealkylation sites (tertiary alicyclic amines) is 1. The standard InChI is InChI=1S/C22H26FN3O2/c1-15(2)24-22(28)26-12-4-7-18(14-26)16-5-3-6-17(13-16)21(27)25-20-10-8-19(23)9-11-20/h3,5-6,8-11,13,15,18H,4,7,12,14H2,1-2H3,(H,24,28)(H,25,27). The largest absolute Gasteiger partial charge is 0.336 e. The number of hydrogen-bond donors (Lipinski definition) is 2. The number of carbonyl (C=O) groups is 2. The Balaban J connectivity index is 1.69. The Hall–Kier alpha value is -2.89. The first kappa shape index (κ1) is 19.9. The average Bonchev–Trinajstić information content (AvgIpc) is 2.69. The highest BCUT2D eigenvalue weighted by Crippen LogP contribution is 2.27. The molecule has 3 rings (SSSR count). The molecule has 0 bridgehead atoms. The van der Waals surface area contributed by atoms with Crippen molar-refractivity contribution in [1.82, 2.24) is 10.2 Å². The van der Waals surface area contributed by atoms with Crippen LogP contribution in [0.1, 0.15) is 48.5 Å². The van der Waals surface area contributed by atoms with Gasteiger partial charge in [-0.3, -0.25) is 4.79 Å². The third kappa shape index (κ3) is 5.09. The van der Waals surface area contributed by atoms with Crippen molar-refractivity contribution in [3.05, 3.63) is 65.5 Å². The fraction of sp³-hybridized carbons (Fsp3) is 0.364. The van der Waals surface area contributed by atoms with E-state index in [1.165, 1.54) is 24.3 Å². The number of benzene rings is 2. The summed E-state index contributed by atoms with van der Waals surface area (Å²) in [5.74, 6) is -0.382. The van der Waals surface area contributed by atoms with E-state index in [1.54, 1.807) is 6.07 Å². The Bertz CT molecular complexity index is 836. The maximum absolute atomic E-state index is 13.0. The lowest BCUT2D eigenvalue weighted by molar-refractivity contribution is 0.102. The van der Waals surface area contributed by atoms with Crippen molar-refractivity contribution in [2.45, 2.75) is 38.6 Å². The average molecular weight is 383 g/mol. The van der Waals surface area contributed by atoms with Crippen molar-refractivity contribution in [2.24, 2.45) is 0 Å². The van der Waals surface area contributed by atoms with E-state index in [2.05, 4.69) is 10.6 Å². The number of urea groups is 1. The van der Waals surface area contributed by atoms with Crippen LogP contribution in [0.3, 0.4) is 0 Å². The molecule has 28 heavy (non-hydrogen) atoms. The molecule has 2 aromatic rings. The highest BCUT2D eigenvalue weighted by Gasteiger charge is 2.25. The second kappa shape index (κ2) is 8.87. The van der Waals surface area contributed by atoms with E-state index >= 15 is 0 Å². The monoisotopic (exact) mass is 383 g/mol. The predicted molar refractivity (Wildman–Crippen MR) is 108 cm³/mol. The van der Waals surface area contributed by atoms with E-state index in [-0.39, 0.29) is 29.7 Å². The van der Waals surface area contributed by atoms with Gasteiger partial charge in [0, 0.05) is 36.3 Å². The van der Waals surface area contributed by atoms with Gasteiger partial charge in [-0.1, -0.05) is 12.1 Å². The van der Waals surface area contributed by atoms with Crippen molar-refractivity contribution in [3.63, 3.8) is 0 Å². The van der Waals surface area contributed by atoms with Crippen molar-refractivity contribution < 1.29 is 14.0 Å². The van der Waals surface area contributed by atoms with Crippen molar-refractivity contribution in [3.8, 4) is 0 Å². The molecule has 0 spiro atoms. The fourth-order valence-corrected chi connectivity index (χ4v) is 3.44.